The molecule has 47 heavy (non-hydrogen) atoms. The smallest absolute Gasteiger partial charge is 0.322 e. The van der Waals surface area contributed by atoms with Gasteiger partial charge in [-0.1, -0.05) is 36.4 Å². The number of aliphatic hydroxyl groups excluding tert-OH is 1. The van der Waals surface area contributed by atoms with Gasteiger partial charge in [0.2, 0.25) is 6.41 Å². The highest BCUT2D eigenvalue weighted by molar-refractivity contribution is 5.99. The number of hydrogen-bond donors (Lipinski definition) is 6. The molecule has 0 radical (unpaired) electrons. The van der Waals surface area contributed by atoms with Crippen LogP contribution in [0.5, 0.6) is 5.75 Å². The number of anilines is 1. The summed E-state index contributed by atoms with van der Waals surface area (Å²) in [4.78, 5) is 48.0. The molecule has 1 fully saturated rings. The molecule has 4 amide bonds. The minimum absolute atomic E-state index is 0.0499. The van der Waals surface area contributed by atoms with Crippen LogP contribution in [-0.4, -0.2) is 72.5 Å². The molecular weight excluding hydrogens is 614 g/mol. The second-order valence-electron chi connectivity index (χ2n) is 10.8. The van der Waals surface area contributed by atoms with Crippen LogP contribution in [0.25, 0.3) is 11.1 Å². The summed E-state index contributed by atoms with van der Waals surface area (Å²) < 4.78 is 27.5. The molecule has 2 aliphatic rings. The lowest BCUT2D eigenvalue weighted by atomic mass is 10.0. The maximum absolute atomic E-state index is 13.4. The van der Waals surface area contributed by atoms with Gasteiger partial charge in [-0.3, -0.25) is 24.9 Å². The van der Waals surface area contributed by atoms with Gasteiger partial charge >= 0.3 is 6.05 Å². The van der Waals surface area contributed by atoms with Gasteiger partial charge in [0.15, 0.2) is 6.61 Å². The van der Waals surface area contributed by atoms with E-state index in [-0.39, 0.29) is 36.8 Å². The number of nitrogens with zero attached hydrogens (tertiary/aromatic N) is 1. The fraction of sp³-hybridized carbons (Fsp3) is 0.333. The van der Waals surface area contributed by atoms with Gasteiger partial charge in [-0.05, 0) is 79.3 Å². The van der Waals surface area contributed by atoms with Gasteiger partial charge in [-0.2, -0.15) is 8.78 Å². The minimum Gasteiger partial charge on any atom is -0.482 e. The van der Waals surface area contributed by atoms with Crippen molar-refractivity contribution in [2.75, 3.05) is 31.6 Å². The molecule has 0 atom stereocenters. The maximum atomic E-state index is 13.4. The third kappa shape index (κ3) is 11.7. The molecule has 3 aromatic carbocycles. The number of halogens is 2. The summed E-state index contributed by atoms with van der Waals surface area (Å²) >= 11 is 0. The number of nitrogens with one attached hydrogen (secondary N) is 2. The summed E-state index contributed by atoms with van der Waals surface area (Å²) in [6.45, 7) is 0.403. The van der Waals surface area contributed by atoms with Crippen LogP contribution in [0, 0.1) is 0 Å². The van der Waals surface area contributed by atoms with Gasteiger partial charge in [0, 0.05) is 30.3 Å². The number of primary amides is 1. The Bertz CT molecular complexity index is 1510. The van der Waals surface area contributed by atoms with Crippen molar-refractivity contribution in [2.45, 2.75) is 44.3 Å². The normalized spacial score (nSPS) is 13.3. The quantitative estimate of drug-likeness (QED) is 0.103. The number of aliphatic hydroxyl groups is 1. The van der Waals surface area contributed by atoms with E-state index < -0.39 is 12.7 Å². The predicted octanol–water partition coefficient (Wildman–Crippen LogP) is 2.59. The molecule has 1 saturated carbocycles. The van der Waals surface area contributed by atoms with Crippen LogP contribution >= 0.6 is 0 Å². The Balaban J connectivity index is 0.000000592. The van der Waals surface area contributed by atoms with E-state index in [0.717, 1.165) is 42.4 Å². The third-order valence-corrected chi connectivity index (χ3v) is 7.00. The van der Waals surface area contributed by atoms with Crippen LogP contribution in [0.15, 0.2) is 66.7 Å². The lowest BCUT2D eigenvalue weighted by Gasteiger charge is -2.24. The number of benzene rings is 3. The number of carbonyl (C=O) groups is 4. The monoisotopic (exact) mass is 654 g/mol. The van der Waals surface area contributed by atoms with Crippen LogP contribution in [0.3, 0.4) is 0 Å². The van der Waals surface area contributed by atoms with Crippen molar-refractivity contribution in [3.05, 3.63) is 83.4 Å². The number of nitrogens with two attached hydrogens (primary N) is 3. The number of unbranched alkanes of at least 4 members (excludes halogenated alkanes) is 1. The van der Waals surface area contributed by atoms with Crippen LogP contribution in [0.4, 0.5) is 14.5 Å². The molecule has 1 aliphatic heterocycles. The lowest BCUT2D eigenvalue weighted by molar-refractivity contribution is -0.118. The number of fused-ring (bicyclic) bond motifs is 1. The van der Waals surface area contributed by atoms with Crippen molar-refractivity contribution < 1.29 is 37.8 Å². The van der Waals surface area contributed by atoms with Crippen molar-refractivity contribution in [1.82, 2.24) is 10.2 Å². The topological polar surface area (TPSA) is 203 Å². The van der Waals surface area contributed by atoms with Gasteiger partial charge < -0.3 is 36.8 Å². The molecule has 0 unspecified atom stereocenters. The summed E-state index contributed by atoms with van der Waals surface area (Å²) in [5.74, 6) is 0.175. The van der Waals surface area contributed by atoms with E-state index in [2.05, 4.69) is 22.1 Å². The second-order valence-corrected chi connectivity index (χ2v) is 10.8. The molecule has 0 saturated heterocycles. The second kappa shape index (κ2) is 17.7. The van der Waals surface area contributed by atoms with Gasteiger partial charge in [0.25, 0.3) is 17.7 Å². The fourth-order valence-corrected chi connectivity index (χ4v) is 4.54. The van der Waals surface area contributed by atoms with E-state index in [1.807, 2.05) is 53.4 Å². The fourth-order valence-electron chi connectivity index (χ4n) is 4.54. The predicted molar refractivity (Wildman–Crippen MR) is 172 cm³/mol. The molecule has 5 rings (SSSR count). The zero-order chi connectivity index (χ0) is 34.4. The van der Waals surface area contributed by atoms with E-state index in [1.54, 1.807) is 18.2 Å². The van der Waals surface area contributed by atoms with E-state index in [1.165, 1.54) is 0 Å². The van der Waals surface area contributed by atoms with Gasteiger partial charge in [-0.15, -0.1) is 0 Å². The molecule has 252 valence electrons. The minimum atomic E-state index is -3.40. The third-order valence-electron chi connectivity index (χ3n) is 7.00. The summed E-state index contributed by atoms with van der Waals surface area (Å²) in [5.41, 5.74) is 18.4. The van der Waals surface area contributed by atoms with Crippen LogP contribution < -0.4 is 32.6 Å². The average molecular weight is 655 g/mol. The standard InChI is InChI=1S/C30H32N4O4.C2H5F2NO.CH3NO/c31-14-1-2-15-32-29(36)23-5-3-4-22(16-23)21-8-6-20(7-9-21)18-34(25-11-12-25)30(37)24-10-13-26-27(17-24)38-19-28(35)33-26;3-2(4,5)1-6;2-1-3/h3-10,13,16-17,25H,1-2,11-12,14-15,18-19,31H2,(H,32,36)(H,33,35);6H,1,5H2;1H,(H2,2,3). The summed E-state index contributed by atoms with van der Waals surface area (Å²) in [7, 11) is 0. The molecule has 14 heteroatoms. The number of carbonyl (C=O) groups excluding carboxylic acids is 4. The molecule has 1 heterocycles. The van der Waals surface area contributed by atoms with Gasteiger partial charge in [0.05, 0.1) is 5.69 Å². The first-order chi connectivity index (χ1) is 22.5. The summed E-state index contributed by atoms with van der Waals surface area (Å²) in [6.07, 6.45) is 3.98. The Morgan fingerprint density at radius 3 is 2.34 bits per heavy atom. The molecule has 3 aromatic rings. The number of alkyl halides is 2. The van der Waals surface area contributed by atoms with Crippen molar-refractivity contribution in [3.8, 4) is 16.9 Å². The molecule has 0 bridgehead atoms. The average Bonchev–Trinajstić information content (AvgIpc) is 3.91. The molecule has 1 aliphatic carbocycles. The highest BCUT2D eigenvalue weighted by Crippen LogP contribution is 2.33. The largest absolute Gasteiger partial charge is 0.482 e. The van der Waals surface area contributed by atoms with E-state index in [0.29, 0.717) is 42.2 Å². The highest BCUT2D eigenvalue weighted by atomic mass is 19.3. The first kappa shape index (κ1) is 36.5. The number of rotatable bonds is 11. The summed E-state index contributed by atoms with van der Waals surface area (Å²) in [6, 6.07) is 17.7. The van der Waals surface area contributed by atoms with Crippen molar-refractivity contribution in [3.63, 3.8) is 0 Å². The van der Waals surface area contributed by atoms with Crippen LogP contribution in [0.1, 0.15) is 52.0 Å². The first-order valence-corrected chi connectivity index (χ1v) is 15.0. The molecular formula is C33H40F2N6O6. The zero-order valence-corrected chi connectivity index (χ0v) is 25.8. The first-order valence-electron chi connectivity index (χ1n) is 15.0. The molecule has 0 aromatic heterocycles. The number of amides is 4. The molecule has 12 nitrogen and oxygen atoms in total. The Hall–Kier alpha value is -4.92. The maximum Gasteiger partial charge on any atom is 0.322 e. The van der Waals surface area contributed by atoms with E-state index >= 15 is 0 Å². The van der Waals surface area contributed by atoms with Crippen molar-refractivity contribution in [1.29, 1.82) is 0 Å². The lowest BCUT2D eigenvalue weighted by Crippen LogP contribution is -2.33. The van der Waals surface area contributed by atoms with Gasteiger partial charge in [0.1, 0.15) is 12.4 Å². The Labute approximate surface area is 271 Å². The molecule has 0 spiro atoms. The number of hydrogen-bond acceptors (Lipinski definition) is 8. The van der Waals surface area contributed by atoms with Crippen molar-refractivity contribution >= 4 is 29.8 Å². The Morgan fingerprint density at radius 2 is 1.72 bits per heavy atom. The Morgan fingerprint density at radius 1 is 1.04 bits per heavy atom. The van der Waals surface area contributed by atoms with Crippen LogP contribution in [0.2, 0.25) is 0 Å². The van der Waals surface area contributed by atoms with Crippen LogP contribution in [-0.2, 0) is 16.1 Å². The number of ether oxygens (including phenoxy) is 1. The highest BCUT2D eigenvalue weighted by Gasteiger charge is 2.33. The van der Waals surface area contributed by atoms with Crippen molar-refractivity contribution in [2.24, 2.45) is 17.2 Å². The van der Waals surface area contributed by atoms with E-state index in [9.17, 15) is 23.2 Å². The molecule has 9 N–H and O–H groups in total. The zero-order valence-electron chi connectivity index (χ0n) is 25.8. The Kier molecular flexibility index (Phi) is 13.8. The van der Waals surface area contributed by atoms with E-state index in [4.69, 9.17) is 20.4 Å². The van der Waals surface area contributed by atoms with Gasteiger partial charge in [-0.25, -0.2) is 0 Å². The summed E-state index contributed by atoms with van der Waals surface area (Å²) in [5, 5.41) is 13.2. The SMILES string of the molecule is NC(F)(F)CO.NC=O.NCCCCNC(=O)c1cccc(-c2ccc(CN(C(=O)c3ccc4c(c3)OCC(=O)N4)C3CC3)cc2)c1.